The number of pyridine rings is 1. The number of guanidine groups is 1. The summed E-state index contributed by atoms with van der Waals surface area (Å²) in [5.41, 5.74) is 1.02. The molecule has 0 unspecified atom stereocenters. The zero-order chi connectivity index (χ0) is 21.7. The van der Waals surface area contributed by atoms with Crippen LogP contribution in [0.5, 0.6) is 0 Å². The minimum absolute atomic E-state index is 0.369. The van der Waals surface area contributed by atoms with Gasteiger partial charge in [0.2, 0.25) is 10.0 Å². The quantitative estimate of drug-likeness (QED) is 0.561. The zero-order valence-electron chi connectivity index (χ0n) is 17.9. The Morgan fingerprint density at radius 2 is 1.71 bits per heavy atom. The minimum atomic E-state index is -3.37. The van der Waals surface area contributed by atoms with Crippen LogP contribution in [0.1, 0.15) is 18.4 Å². The maximum atomic E-state index is 12.7. The molecule has 3 heterocycles. The summed E-state index contributed by atoms with van der Waals surface area (Å²) in [6.45, 7) is 5.34. The Labute approximate surface area is 184 Å². The second-order valence-electron chi connectivity index (χ2n) is 7.82. The molecule has 0 atom stereocenters. The Morgan fingerprint density at radius 3 is 2.32 bits per heavy atom. The van der Waals surface area contributed by atoms with E-state index in [0.717, 1.165) is 56.4 Å². The number of aromatic nitrogens is 1. The summed E-state index contributed by atoms with van der Waals surface area (Å²) in [6, 6.07) is 13.1. The highest BCUT2D eigenvalue weighted by Gasteiger charge is 2.27. The molecule has 0 bridgehead atoms. The van der Waals surface area contributed by atoms with Crippen molar-refractivity contribution in [3.05, 3.63) is 54.2 Å². The number of hydrogen-bond donors (Lipinski definition) is 1. The fraction of sp³-hybridized carbons (Fsp3) is 0.455. The monoisotopic (exact) mass is 442 g/mol. The Morgan fingerprint density at radius 1 is 1.00 bits per heavy atom. The molecule has 0 radical (unpaired) electrons. The summed E-state index contributed by atoms with van der Waals surface area (Å²) in [5.74, 6) is 1.86. The van der Waals surface area contributed by atoms with Gasteiger partial charge in [0.25, 0.3) is 0 Å². The standard InChI is InChI=1S/C22H30N6O2S/c1-23-22(27-16-14-26(15-17-27)21-6-2-3-11-24-21)25-18-19-7-9-20(10-8-19)31(29,30)28-12-4-5-13-28/h2-3,6-11H,4-5,12-18H2,1H3,(H,23,25). The van der Waals surface area contributed by atoms with Crippen LogP contribution in [0, 0.1) is 0 Å². The van der Waals surface area contributed by atoms with E-state index in [4.69, 9.17) is 0 Å². The van der Waals surface area contributed by atoms with Gasteiger partial charge in [-0.25, -0.2) is 13.4 Å². The Bertz CT molecular complexity index is 980. The van der Waals surface area contributed by atoms with Gasteiger partial charge >= 0.3 is 0 Å². The first-order valence-corrected chi connectivity index (χ1v) is 12.2. The number of sulfonamides is 1. The largest absolute Gasteiger partial charge is 0.353 e. The summed E-state index contributed by atoms with van der Waals surface area (Å²) >= 11 is 0. The number of piperazine rings is 1. The maximum Gasteiger partial charge on any atom is 0.243 e. The van der Waals surface area contributed by atoms with Crippen molar-refractivity contribution in [2.45, 2.75) is 24.3 Å². The highest BCUT2D eigenvalue weighted by Crippen LogP contribution is 2.21. The first-order valence-electron chi connectivity index (χ1n) is 10.8. The molecule has 1 N–H and O–H groups in total. The molecule has 2 aliphatic rings. The zero-order valence-corrected chi connectivity index (χ0v) is 18.8. The third kappa shape index (κ3) is 4.99. The third-order valence-corrected chi connectivity index (χ3v) is 7.75. The van der Waals surface area contributed by atoms with Crippen molar-refractivity contribution in [3.8, 4) is 0 Å². The normalized spacial score (nSPS) is 18.4. The molecule has 0 aliphatic carbocycles. The molecule has 0 saturated carbocycles. The maximum absolute atomic E-state index is 12.7. The van der Waals surface area contributed by atoms with E-state index in [0.29, 0.717) is 24.5 Å². The van der Waals surface area contributed by atoms with E-state index >= 15 is 0 Å². The number of nitrogens with zero attached hydrogens (tertiary/aromatic N) is 5. The van der Waals surface area contributed by atoms with E-state index in [1.165, 1.54) is 0 Å². The lowest BCUT2D eigenvalue weighted by atomic mass is 10.2. The lowest BCUT2D eigenvalue weighted by Crippen LogP contribution is -2.52. The minimum Gasteiger partial charge on any atom is -0.353 e. The van der Waals surface area contributed by atoms with Crippen molar-refractivity contribution in [3.63, 3.8) is 0 Å². The molecule has 9 heteroatoms. The van der Waals surface area contributed by atoms with E-state index in [-0.39, 0.29) is 0 Å². The second kappa shape index (κ2) is 9.65. The molecule has 2 saturated heterocycles. The van der Waals surface area contributed by atoms with Crippen molar-refractivity contribution in [1.82, 2.24) is 19.5 Å². The van der Waals surface area contributed by atoms with Gasteiger partial charge in [-0.1, -0.05) is 18.2 Å². The third-order valence-electron chi connectivity index (χ3n) is 5.84. The first-order chi connectivity index (χ1) is 15.1. The summed E-state index contributed by atoms with van der Waals surface area (Å²) < 4.78 is 26.9. The van der Waals surface area contributed by atoms with Gasteiger partial charge in [0.15, 0.2) is 5.96 Å². The fourth-order valence-corrected chi connectivity index (χ4v) is 5.58. The van der Waals surface area contributed by atoms with Gasteiger partial charge in [0, 0.05) is 59.1 Å². The lowest BCUT2D eigenvalue weighted by Gasteiger charge is -2.37. The number of benzene rings is 1. The number of nitrogens with one attached hydrogen (secondary N) is 1. The predicted octanol–water partition coefficient (Wildman–Crippen LogP) is 1.76. The summed E-state index contributed by atoms with van der Waals surface area (Å²) in [7, 11) is -1.57. The van der Waals surface area contributed by atoms with Crippen molar-refractivity contribution in [2.24, 2.45) is 4.99 Å². The molecule has 31 heavy (non-hydrogen) atoms. The molecule has 0 amide bonds. The van der Waals surface area contributed by atoms with E-state index in [1.54, 1.807) is 23.5 Å². The van der Waals surface area contributed by atoms with Crippen LogP contribution in [0.15, 0.2) is 58.5 Å². The predicted molar refractivity (Wildman–Crippen MR) is 123 cm³/mol. The summed E-state index contributed by atoms with van der Waals surface area (Å²) in [4.78, 5) is 13.8. The lowest BCUT2D eigenvalue weighted by molar-refractivity contribution is 0.371. The van der Waals surface area contributed by atoms with E-state index in [2.05, 4.69) is 25.1 Å². The molecular weight excluding hydrogens is 412 g/mol. The van der Waals surface area contributed by atoms with Crippen molar-refractivity contribution >= 4 is 21.8 Å². The van der Waals surface area contributed by atoms with Crippen LogP contribution in [-0.4, -0.2) is 74.9 Å². The van der Waals surface area contributed by atoms with Gasteiger partial charge in [-0.05, 0) is 42.7 Å². The van der Waals surface area contributed by atoms with Gasteiger partial charge in [-0.3, -0.25) is 4.99 Å². The van der Waals surface area contributed by atoms with Crippen LogP contribution >= 0.6 is 0 Å². The highest BCUT2D eigenvalue weighted by atomic mass is 32.2. The molecule has 4 rings (SSSR count). The molecule has 0 spiro atoms. The van der Waals surface area contributed by atoms with Crippen LogP contribution in [0.25, 0.3) is 0 Å². The number of rotatable bonds is 5. The average Bonchev–Trinajstić information content (AvgIpc) is 3.37. The Kier molecular flexibility index (Phi) is 6.72. The molecule has 1 aromatic carbocycles. The van der Waals surface area contributed by atoms with Gasteiger partial charge in [-0.15, -0.1) is 0 Å². The topological polar surface area (TPSA) is 81.1 Å². The van der Waals surface area contributed by atoms with Crippen LogP contribution in [0.2, 0.25) is 0 Å². The number of anilines is 1. The number of aliphatic imine (C=N–C) groups is 1. The van der Waals surface area contributed by atoms with Crippen LogP contribution in [0.3, 0.4) is 0 Å². The Balaban J connectivity index is 1.31. The van der Waals surface area contributed by atoms with Crippen molar-refractivity contribution in [1.29, 1.82) is 0 Å². The van der Waals surface area contributed by atoms with Crippen molar-refractivity contribution in [2.75, 3.05) is 51.2 Å². The summed E-state index contributed by atoms with van der Waals surface area (Å²) in [6.07, 6.45) is 3.71. The highest BCUT2D eigenvalue weighted by molar-refractivity contribution is 7.89. The van der Waals surface area contributed by atoms with E-state index in [9.17, 15) is 8.42 Å². The molecule has 2 aliphatic heterocycles. The van der Waals surface area contributed by atoms with E-state index in [1.807, 2.05) is 36.5 Å². The van der Waals surface area contributed by atoms with Crippen LogP contribution in [0.4, 0.5) is 5.82 Å². The molecule has 2 fully saturated rings. The summed E-state index contributed by atoms with van der Waals surface area (Å²) in [5, 5.41) is 3.41. The van der Waals surface area contributed by atoms with Gasteiger partial charge < -0.3 is 15.1 Å². The van der Waals surface area contributed by atoms with Crippen LogP contribution < -0.4 is 10.2 Å². The smallest absolute Gasteiger partial charge is 0.243 e. The molecule has 1 aromatic heterocycles. The molecular formula is C22H30N6O2S. The SMILES string of the molecule is CN=C(NCc1ccc(S(=O)(=O)N2CCCC2)cc1)N1CCN(c2ccccn2)CC1. The number of hydrogen-bond acceptors (Lipinski definition) is 5. The van der Waals surface area contributed by atoms with Gasteiger partial charge in [-0.2, -0.15) is 4.31 Å². The Hall–Kier alpha value is -2.65. The second-order valence-corrected chi connectivity index (χ2v) is 9.76. The molecule has 8 nitrogen and oxygen atoms in total. The van der Waals surface area contributed by atoms with Crippen molar-refractivity contribution < 1.29 is 8.42 Å². The molecule has 166 valence electrons. The van der Waals surface area contributed by atoms with E-state index < -0.39 is 10.0 Å². The van der Waals surface area contributed by atoms with Crippen LogP contribution in [-0.2, 0) is 16.6 Å². The fourth-order valence-electron chi connectivity index (χ4n) is 4.06. The first kappa shape index (κ1) is 21.6. The molecule has 2 aromatic rings. The van der Waals surface area contributed by atoms with Gasteiger partial charge in [0.05, 0.1) is 4.90 Å². The average molecular weight is 443 g/mol. The van der Waals surface area contributed by atoms with Gasteiger partial charge in [0.1, 0.15) is 5.82 Å².